The van der Waals surface area contributed by atoms with E-state index in [2.05, 4.69) is 19.9 Å². The van der Waals surface area contributed by atoms with Crippen LogP contribution in [0.1, 0.15) is 73.4 Å². The quantitative estimate of drug-likeness (QED) is 0.125. The standard InChI is InChI=1S/2C22H20F3N3O2S/c2*23-22(24,25)19-10-9-15(12-26-19)21-27-17(14-31-21)18-8-4-5-11-28(18)20(29)13-30-16-6-2-1-3-7-16/h2*1-3,6-7,9-10,12,14,18H,4-5,8,11,13H2/t2*18-/m11/s1. The first-order valence-corrected chi connectivity index (χ1v) is 21.5. The van der Waals surface area contributed by atoms with Crippen molar-refractivity contribution in [3.8, 4) is 32.6 Å². The van der Waals surface area contributed by atoms with Crippen LogP contribution in [-0.4, -0.2) is 67.9 Å². The Kier molecular flexibility index (Phi) is 14.2. The molecule has 8 rings (SSSR count). The molecule has 0 saturated carbocycles. The van der Waals surface area contributed by atoms with Gasteiger partial charge in [-0.15, -0.1) is 22.7 Å². The average molecular weight is 895 g/mol. The molecule has 0 unspecified atom stereocenters. The Morgan fingerprint density at radius 2 is 0.984 bits per heavy atom. The molecule has 0 N–H and O–H groups in total. The second-order valence-electron chi connectivity index (χ2n) is 14.4. The number of alkyl halides is 6. The summed E-state index contributed by atoms with van der Waals surface area (Å²) in [4.78, 5) is 45.5. The Morgan fingerprint density at radius 3 is 1.34 bits per heavy atom. The van der Waals surface area contributed by atoms with Gasteiger partial charge in [0.15, 0.2) is 13.2 Å². The zero-order valence-electron chi connectivity index (χ0n) is 33.0. The van der Waals surface area contributed by atoms with E-state index in [1.807, 2.05) is 47.2 Å². The molecule has 324 valence electrons. The van der Waals surface area contributed by atoms with E-state index in [1.54, 1.807) is 34.1 Å². The molecule has 0 aliphatic carbocycles. The van der Waals surface area contributed by atoms with Crippen LogP contribution >= 0.6 is 22.7 Å². The molecule has 62 heavy (non-hydrogen) atoms. The molecule has 6 aromatic rings. The lowest BCUT2D eigenvalue weighted by Crippen LogP contribution is -2.41. The van der Waals surface area contributed by atoms with Crippen LogP contribution in [0.25, 0.3) is 21.1 Å². The Hall–Kier alpha value is -5.88. The number of pyridine rings is 2. The number of aromatic nitrogens is 4. The third-order valence-corrected chi connectivity index (χ3v) is 12.0. The average Bonchev–Trinajstić information content (AvgIpc) is 4.00. The van der Waals surface area contributed by atoms with Gasteiger partial charge in [-0.05, 0) is 87.1 Å². The summed E-state index contributed by atoms with van der Waals surface area (Å²) in [6.07, 6.45) is -1.25. The topological polar surface area (TPSA) is 111 Å². The largest absolute Gasteiger partial charge is 0.484 e. The minimum Gasteiger partial charge on any atom is -0.484 e. The van der Waals surface area contributed by atoms with E-state index < -0.39 is 23.7 Å². The van der Waals surface area contributed by atoms with Crippen LogP contribution < -0.4 is 9.47 Å². The molecule has 2 aliphatic rings. The number of hydrogen-bond donors (Lipinski definition) is 0. The van der Waals surface area contributed by atoms with Crippen molar-refractivity contribution in [1.29, 1.82) is 0 Å². The fourth-order valence-electron chi connectivity index (χ4n) is 7.08. The maximum absolute atomic E-state index is 12.8. The molecule has 0 bridgehead atoms. The van der Waals surface area contributed by atoms with Gasteiger partial charge in [-0.25, -0.2) is 9.97 Å². The molecule has 2 fully saturated rings. The maximum atomic E-state index is 12.8. The lowest BCUT2D eigenvalue weighted by molar-refractivity contribution is -0.141. The summed E-state index contributed by atoms with van der Waals surface area (Å²) < 4.78 is 87.6. The molecule has 6 heterocycles. The van der Waals surface area contributed by atoms with Gasteiger partial charge >= 0.3 is 12.4 Å². The van der Waals surface area contributed by atoms with E-state index in [0.29, 0.717) is 45.7 Å². The molecule has 2 aromatic carbocycles. The fourth-order valence-corrected chi connectivity index (χ4v) is 8.80. The minimum absolute atomic E-state index is 0.0552. The molecule has 4 aromatic heterocycles. The van der Waals surface area contributed by atoms with Crippen molar-refractivity contribution in [2.75, 3.05) is 26.3 Å². The highest BCUT2D eigenvalue weighted by atomic mass is 32.1. The van der Waals surface area contributed by atoms with Crippen LogP contribution in [0, 0.1) is 0 Å². The van der Waals surface area contributed by atoms with Crippen LogP contribution in [0.2, 0.25) is 0 Å². The second-order valence-corrected chi connectivity index (χ2v) is 16.1. The second kappa shape index (κ2) is 19.9. The van der Waals surface area contributed by atoms with E-state index in [4.69, 9.17) is 9.47 Å². The first-order valence-electron chi connectivity index (χ1n) is 19.8. The summed E-state index contributed by atoms with van der Waals surface area (Å²) in [6.45, 7) is 1.13. The monoisotopic (exact) mass is 894 g/mol. The first-order chi connectivity index (χ1) is 29.8. The predicted molar refractivity (Wildman–Crippen MR) is 221 cm³/mol. The molecule has 0 spiro atoms. The van der Waals surface area contributed by atoms with Gasteiger partial charge in [0.2, 0.25) is 0 Å². The molecule has 2 atom stereocenters. The lowest BCUT2D eigenvalue weighted by atomic mass is 10.00. The van der Waals surface area contributed by atoms with Crippen LogP contribution in [0.4, 0.5) is 26.3 Å². The highest BCUT2D eigenvalue weighted by Crippen LogP contribution is 2.37. The number of para-hydroxylation sites is 2. The van der Waals surface area contributed by atoms with Crippen molar-refractivity contribution in [2.45, 2.75) is 63.0 Å². The zero-order chi connectivity index (χ0) is 43.7. The third kappa shape index (κ3) is 11.3. The highest BCUT2D eigenvalue weighted by molar-refractivity contribution is 7.13. The van der Waals surface area contributed by atoms with Crippen LogP contribution in [-0.2, 0) is 21.9 Å². The van der Waals surface area contributed by atoms with E-state index in [9.17, 15) is 35.9 Å². The number of benzene rings is 2. The third-order valence-electron chi connectivity index (χ3n) is 10.2. The summed E-state index contributed by atoms with van der Waals surface area (Å²) >= 11 is 2.66. The van der Waals surface area contributed by atoms with E-state index in [0.717, 1.165) is 62.0 Å². The van der Waals surface area contributed by atoms with Gasteiger partial charge in [-0.2, -0.15) is 26.3 Å². The number of halogens is 6. The van der Waals surface area contributed by atoms with E-state index in [1.165, 1.54) is 47.2 Å². The number of likely N-dealkylation sites (tertiary alicyclic amines) is 2. The number of ether oxygens (including phenoxy) is 2. The molecule has 2 aliphatic heterocycles. The summed E-state index contributed by atoms with van der Waals surface area (Å²) in [5.41, 5.74) is 0.655. The SMILES string of the molecule is O=C(COc1ccccc1)N1CCCC[C@@H]1c1csc(-c2ccc(C(F)(F)F)nc2)n1.O=C(COc1ccccc1)N1CCCC[C@@H]1c1csc(-c2ccc(C(F)(F)F)nc2)n1. The van der Waals surface area contributed by atoms with Gasteiger partial charge in [0.1, 0.15) is 32.9 Å². The number of thiazole rings is 2. The summed E-state index contributed by atoms with van der Waals surface area (Å²) in [6, 6.07) is 22.6. The van der Waals surface area contributed by atoms with Crippen LogP contribution in [0.15, 0.2) is 108 Å². The molecular weight excluding hydrogens is 855 g/mol. The zero-order valence-corrected chi connectivity index (χ0v) is 34.7. The fraction of sp³-hybridized carbons (Fsp3) is 0.318. The van der Waals surface area contributed by atoms with Gasteiger partial charge in [-0.1, -0.05) is 36.4 Å². The van der Waals surface area contributed by atoms with Gasteiger partial charge in [0, 0.05) is 47.4 Å². The smallest absolute Gasteiger partial charge is 0.433 e. The Balaban J connectivity index is 0.000000186. The highest BCUT2D eigenvalue weighted by Gasteiger charge is 2.34. The van der Waals surface area contributed by atoms with Gasteiger partial charge < -0.3 is 19.3 Å². The molecule has 18 heteroatoms. The van der Waals surface area contributed by atoms with Crippen molar-refractivity contribution in [2.24, 2.45) is 0 Å². The normalized spacial score (nSPS) is 16.9. The minimum atomic E-state index is -4.47. The summed E-state index contributed by atoms with van der Waals surface area (Å²) in [5.74, 6) is 1.05. The van der Waals surface area contributed by atoms with Gasteiger partial charge in [0.25, 0.3) is 11.8 Å². The predicted octanol–water partition coefficient (Wildman–Crippen LogP) is 10.7. The van der Waals surface area contributed by atoms with Crippen molar-refractivity contribution >= 4 is 34.5 Å². The number of carbonyl (C=O) groups excluding carboxylic acids is 2. The van der Waals surface area contributed by atoms with Gasteiger partial charge in [-0.3, -0.25) is 19.6 Å². The molecule has 2 amide bonds. The van der Waals surface area contributed by atoms with Crippen molar-refractivity contribution in [1.82, 2.24) is 29.7 Å². The molecule has 10 nitrogen and oxygen atoms in total. The Labute approximate surface area is 361 Å². The number of rotatable bonds is 10. The van der Waals surface area contributed by atoms with Crippen molar-refractivity contribution in [3.05, 3.63) is 131 Å². The number of carbonyl (C=O) groups is 2. The summed E-state index contributed by atoms with van der Waals surface area (Å²) in [5, 5.41) is 4.88. The number of hydrogen-bond acceptors (Lipinski definition) is 10. The van der Waals surface area contributed by atoms with E-state index in [-0.39, 0.29) is 37.1 Å². The van der Waals surface area contributed by atoms with Crippen LogP contribution in [0.5, 0.6) is 11.5 Å². The van der Waals surface area contributed by atoms with E-state index >= 15 is 0 Å². The van der Waals surface area contributed by atoms with Gasteiger partial charge in [0.05, 0.1) is 23.5 Å². The lowest BCUT2D eigenvalue weighted by Gasteiger charge is -2.34. The summed E-state index contributed by atoms with van der Waals surface area (Å²) in [7, 11) is 0. The number of amides is 2. The van der Waals surface area contributed by atoms with Crippen molar-refractivity contribution in [3.63, 3.8) is 0 Å². The van der Waals surface area contributed by atoms with Crippen LogP contribution in [0.3, 0.4) is 0 Å². The Morgan fingerprint density at radius 1 is 0.581 bits per heavy atom. The first kappa shape index (κ1) is 44.2. The Bertz CT molecular complexity index is 2210. The number of nitrogens with zero attached hydrogens (tertiary/aromatic N) is 6. The maximum Gasteiger partial charge on any atom is 0.433 e. The molecule has 0 radical (unpaired) electrons. The molecular formula is C44H40F6N6O4S2. The number of piperidine rings is 2. The van der Waals surface area contributed by atoms with Crippen molar-refractivity contribution < 1.29 is 45.4 Å². The molecule has 2 saturated heterocycles.